The molecule has 2 N–H and O–H groups in total. The molecule has 0 heterocycles. The summed E-state index contributed by atoms with van der Waals surface area (Å²) in [4.78, 5) is 10.9. The van der Waals surface area contributed by atoms with E-state index in [2.05, 4.69) is 0 Å². The molecule has 0 saturated carbocycles. The summed E-state index contributed by atoms with van der Waals surface area (Å²) < 4.78 is 10.3. The first kappa shape index (κ1) is 14.3. The predicted octanol–water partition coefficient (Wildman–Crippen LogP) is 1.95. The summed E-state index contributed by atoms with van der Waals surface area (Å²) in [6.07, 6.45) is -1.61. The number of carboxylic acid groups (broad SMARTS) is 1. The van der Waals surface area contributed by atoms with E-state index >= 15 is 0 Å². The van der Waals surface area contributed by atoms with Crippen LogP contribution in [0.25, 0.3) is 0 Å². The second-order valence-electron chi connectivity index (χ2n) is 4.23. The standard InChI is InChI=1S/C13H18O5/c1-7(2)8-5-9(12(14)13(15)16)11(18-4)6-10(8)17-3/h5-7,12,14H,1-4H3,(H,15,16). The summed E-state index contributed by atoms with van der Waals surface area (Å²) in [5.41, 5.74) is 1.06. The lowest BCUT2D eigenvalue weighted by Gasteiger charge is -2.18. The van der Waals surface area contributed by atoms with Crippen molar-refractivity contribution in [2.75, 3.05) is 14.2 Å². The number of carbonyl (C=O) groups is 1. The van der Waals surface area contributed by atoms with E-state index < -0.39 is 12.1 Å². The molecule has 1 aromatic rings. The van der Waals surface area contributed by atoms with Crippen LogP contribution < -0.4 is 9.47 Å². The maximum absolute atomic E-state index is 10.9. The number of aliphatic hydroxyl groups excluding tert-OH is 1. The van der Waals surface area contributed by atoms with Crippen molar-refractivity contribution in [3.63, 3.8) is 0 Å². The highest BCUT2D eigenvalue weighted by Crippen LogP contribution is 2.36. The molecule has 18 heavy (non-hydrogen) atoms. The first-order valence-electron chi connectivity index (χ1n) is 5.59. The minimum Gasteiger partial charge on any atom is -0.496 e. The van der Waals surface area contributed by atoms with Crippen LogP contribution >= 0.6 is 0 Å². The molecule has 0 saturated heterocycles. The Hall–Kier alpha value is -1.75. The number of ether oxygens (including phenoxy) is 2. The van der Waals surface area contributed by atoms with Gasteiger partial charge < -0.3 is 19.7 Å². The lowest BCUT2D eigenvalue weighted by atomic mass is 9.96. The largest absolute Gasteiger partial charge is 0.496 e. The van der Waals surface area contributed by atoms with E-state index in [4.69, 9.17) is 14.6 Å². The summed E-state index contributed by atoms with van der Waals surface area (Å²) in [5.74, 6) is -0.256. The van der Waals surface area contributed by atoms with E-state index in [0.29, 0.717) is 11.5 Å². The molecule has 1 rings (SSSR count). The van der Waals surface area contributed by atoms with Crippen molar-refractivity contribution in [2.24, 2.45) is 0 Å². The molecule has 0 aromatic heterocycles. The van der Waals surface area contributed by atoms with Crippen molar-refractivity contribution in [1.29, 1.82) is 0 Å². The third-order valence-electron chi connectivity index (χ3n) is 2.73. The lowest BCUT2D eigenvalue weighted by Crippen LogP contribution is -2.12. The second kappa shape index (κ2) is 5.73. The van der Waals surface area contributed by atoms with Gasteiger partial charge >= 0.3 is 5.97 Å². The zero-order valence-corrected chi connectivity index (χ0v) is 10.9. The van der Waals surface area contributed by atoms with Crippen LogP contribution in [-0.2, 0) is 4.79 Å². The molecule has 5 nitrogen and oxygen atoms in total. The van der Waals surface area contributed by atoms with Crippen LogP contribution in [0.15, 0.2) is 12.1 Å². The van der Waals surface area contributed by atoms with Gasteiger partial charge in [0.2, 0.25) is 0 Å². The number of aliphatic carboxylic acids is 1. The topological polar surface area (TPSA) is 76.0 Å². The van der Waals surface area contributed by atoms with Crippen LogP contribution in [-0.4, -0.2) is 30.4 Å². The van der Waals surface area contributed by atoms with Gasteiger partial charge in [0.05, 0.1) is 14.2 Å². The number of hydrogen-bond acceptors (Lipinski definition) is 4. The third-order valence-corrected chi connectivity index (χ3v) is 2.73. The van der Waals surface area contributed by atoms with Crippen molar-refractivity contribution in [2.45, 2.75) is 25.9 Å². The van der Waals surface area contributed by atoms with Crippen LogP contribution in [0.4, 0.5) is 0 Å². The quantitative estimate of drug-likeness (QED) is 0.839. The Kier molecular flexibility index (Phi) is 4.55. The molecule has 0 amide bonds. The van der Waals surface area contributed by atoms with Crippen LogP contribution in [0.1, 0.15) is 37.0 Å². The van der Waals surface area contributed by atoms with E-state index in [1.807, 2.05) is 13.8 Å². The van der Waals surface area contributed by atoms with Crippen molar-refractivity contribution < 1.29 is 24.5 Å². The van der Waals surface area contributed by atoms with E-state index in [9.17, 15) is 9.90 Å². The average Bonchev–Trinajstić information content (AvgIpc) is 2.35. The molecule has 5 heteroatoms. The zero-order chi connectivity index (χ0) is 13.9. The van der Waals surface area contributed by atoms with Gasteiger partial charge in [-0.1, -0.05) is 13.8 Å². The molecule has 0 aliphatic carbocycles. The predicted molar refractivity (Wildman–Crippen MR) is 66.2 cm³/mol. The number of aliphatic hydroxyl groups is 1. The normalized spacial score (nSPS) is 12.3. The van der Waals surface area contributed by atoms with Gasteiger partial charge in [-0.25, -0.2) is 4.79 Å². The fraction of sp³-hybridized carbons (Fsp3) is 0.462. The Balaban J connectivity index is 3.40. The van der Waals surface area contributed by atoms with Crippen molar-refractivity contribution in [3.8, 4) is 11.5 Å². The zero-order valence-electron chi connectivity index (χ0n) is 10.9. The SMILES string of the molecule is COc1cc(OC)c(C(O)C(=O)O)cc1C(C)C. The first-order chi connectivity index (χ1) is 8.42. The number of benzene rings is 1. The summed E-state index contributed by atoms with van der Waals surface area (Å²) in [6, 6.07) is 3.21. The molecule has 0 bridgehead atoms. The van der Waals surface area contributed by atoms with E-state index in [1.165, 1.54) is 14.2 Å². The highest BCUT2D eigenvalue weighted by molar-refractivity contribution is 5.75. The molecule has 0 aliphatic heterocycles. The number of rotatable bonds is 5. The molecule has 0 aliphatic rings. The summed E-state index contributed by atoms with van der Waals surface area (Å²) in [6.45, 7) is 3.92. The lowest BCUT2D eigenvalue weighted by molar-refractivity contribution is -0.147. The monoisotopic (exact) mass is 254 g/mol. The van der Waals surface area contributed by atoms with Crippen LogP contribution in [0.5, 0.6) is 11.5 Å². The molecule has 0 fully saturated rings. The molecule has 0 spiro atoms. The molecule has 0 radical (unpaired) electrons. The highest BCUT2D eigenvalue weighted by Gasteiger charge is 2.23. The van der Waals surface area contributed by atoms with Crippen LogP contribution in [0.2, 0.25) is 0 Å². The molecular formula is C13H18O5. The number of methoxy groups -OCH3 is 2. The van der Waals surface area contributed by atoms with E-state index in [1.54, 1.807) is 12.1 Å². The van der Waals surface area contributed by atoms with Crippen LogP contribution in [0.3, 0.4) is 0 Å². The van der Waals surface area contributed by atoms with Gasteiger partial charge in [-0.3, -0.25) is 0 Å². The molecule has 100 valence electrons. The average molecular weight is 254 g/mol. The fourth-order valence-corrected chi connectivity index (χ4v) is 1.75. The summed E-state index contributed by atoms with van der Waals surface area (Å²) in [7, 11) is 2.95. The Morgan fingerprint density at radius 3 is 2.00 bits per heavy atom. The maximum Gasteiger partial charge on any atom is 0.337 e. The molecular weight excluding hydrogens is 236 g/mol. The molecule has 1 aromatic carbocycles. The third kappa shape index (κ3) is 2.73. The Morgan fingerprint density at radius 1 is 1.11 bits per heavy atom. The smallest absolute Gasteiger partial charge is 0.337 e. The first-order valence-corrected chi connectivity index (χ1v) is 5.59. The van der Waals surface area contributed by atoms with Crippen molar-refractivity contribution in [3.05, 3.63) is 23.3 Å². The van der Waals surface area contributed by atoms with E-state index in [-0.39, 0.29) is 11.5 Å². The Labute approximate surface area is 106 Å². The number of carboxylic acids is 1. The Morgan fingerprint density at radius 2 is 1.61 bits per heavy atom. The van der Waals surface area contributed by atoms with Crippen molar-refractivity contribution in [1.82, 2.24) is 0 Å². The van der Waals surface area contributed by atoms with Crippen molar-refractivity contribution >= 4 is 5.97 Å². The van der Waals surface area contributed by atoms with Gasteiger partial charge in [0.15, 0.2) is 6.10 Å². The van der Waals surface area contributed by atoms with Gasteiger partial charge in [-0.2, -0.15) is 0 Å². The van der Waals surface area contributed by atoms with Gasteiger partial charge in [-0.15, -0.1) is 0 Å². The molecule has 1 atom stereocenters. The minimum absolute atomic E-state index is 0.144. The van der Waals surface area contributed by atoms with Gasteiger partial charge in [0.25, 0.3) is 0 Å². The summed E-state index contributed by atoms with van der Waals surface area (Å²) in [5, 5.41) is 18.5. The Bertz CT molecular complexity index is 439. The fourth-order valence-electron chi connectivity index (χ4n) is 1.75. The minimum atomic E-state index is -1.61. The van der Waals surface area contributed by atoms with Gasteiger partial charge in [-0.05, 0) is 17.5 Å². The van der Waals surface area contributed by atoms with Crippen LogP contribution in [0, 0.1) is 0 Å². The highest BCUT2D eigenvalue weighted by atomic mass is 16.5. The molecule has 1 unspecified atom stereocenters. The number of hydrogen-bond donors (Lipinski definition) is 2. The summed E-state index contributed by atoms with van der Waals surface area (Å²) >= 11 is 0. The van der Waals surface area contributed by atoms with Gasteiger partial charge in [0, 0.05) is 11.6 Å². The second-order valence-corrected chi connectivity index (χ2v) is 4.23. The van der Waals surface area contributed by atoms with Gasteiger partial charge in [0.1, 0.15) is 11.5 Å². The van der Waals surface area contributed by atoms with E-state index in [0.717, 1.165) is 5.56 Å². The maximum atomic E-state index is 10.9.